The van der Waals surface area contributed by atoms with Gasteiger partial charge in [-0.3, -0.25) is 9.59 Å². The van der Waals surface area contributed by atoms with E-state index >= 15 is 0 Å². The molecule has 5 aliphatic rings. The molecule has 7 atom stereocenters. The van der Waals surface area contributed by atoms with Crippen LogP contribution in [0.2, 0.25) is 0 Å². The molecule has 4 fully saturated rings. The highest BCUT2D eigenvalue weighted by atomic mass is 16.6. The van der Waals surface area contributed by atoms with Gasteiger partial charge in [0.15, 0.2) is 5.78 Å². The largest absolute Gasteiger partial charge is 0.365 e. The van der Waals surface area contributed by atoms with Crippen LogP contribution in [0.5, 0.6) is 0 Å². The summed E-state index contributed by atoms with van der Waals surface area (Å²) < 4.78 is 6.09. The number of Topliss-reactive ketones (excluding diaryl/α,β-unsaturated/α-hetero) is 1. The predicted octanol–water partition coefficient (Wildman–Crippen LogP) is 3.07. The van der Waals surface area contributed by atoms with Gasteiger partial charge in [-0.15, -0.1) is 0 Å². The van der Waals surface area contributed by atoms with E-state index in [1.165, 1.54) is 5.57 Å². The Morgan fingerprint density at radius 1 is 1.05 bits per heavy atom. The molecule has 1 heterocycles. The molecule has 0 radical (unpaired) electrons. The first-order valence-corrected chi connectivity index (χ1v) is 8.89. The zero-order chi connectivity index (χ0) is 15.3. The number of hydrogen-bond donors (Lipinski definition) is 0. The van der Waals surface area contributed by atoms with Crippen molar-refractivity contribution in [1.29, 1.82) is 0 Å². The molecule has 3 heteroatoms. The normalized spacial score (nSPS) is 55.7. The van der Waals surface area contributed by atoms with Crippen molar-refractivity contribution in [3.8, 4) is 0 Å². The highest BCUT2D eigenvalue weighted by molar-refractivity contribution is 5.92. The molecule has 0 N–H and O–H groups in total. The number of hydrogen-bond acceptors (Lipinski definition) is 3. The second kappa shape index (κ2) is 3.92. The Bertz CT molecular complexity index is 620. The summed E-state index contributed by atoms with van der Waals surface area (Å²) in [6, 6.07) is 0. The van der Waals surface area contributed by atoms with Gasteiger partial charge in [-0.25, -0.2) is 0 Å². The monoisotopic (exact) mass is 300 g/mol. The van der Waals surface area contributed by atoms with E-state index in [-0.39, 0.29) is 28.8 Å². The van der Waals surface area contributed by atoms with E-state index < -0.39 is 0 Å². The van der Waals surface area contributed by atoms with Crippen LogP contribution in [-0.4, -0.2) is 23.8 Å². The van der Waals surface area contributed by atoms with Gasteiger partial charge in [0.05, 0.1) is 6.10 Å². The Morgan fingerprint density at radius 2 is 1.82 bits per heavy atom. The van der Waals surface area contributed by atoms with Crippen LogP contribution in [0.3, 0.4) is 0 Å². The number of ketones is 2. The summed E-state index contributed by atoms with van der Waals surface area (Å²) in [7, 11) is 0. The molecule has 2 unspecified atom stereocenters. The Kier molecular flexibility index (Phi) is 2.40. The number of epoxide rings is 1. The Morgan fingerprint density at radius 3 is 2.64 bits per heavy atom. The van der Waals surface area contributed by atoms with E-state index in [2.05, 4.69) is 13.8 Å². The van der Waals surface area contributed by atoms with Gasteiger partial charge >= 0.3 is 0 Å². The van der Waals surface area contributed by atoms with Crippen LogP contribution >= 0.6 is 0 Å². The molecular weight excluding hydrogens is 276 g/mol. The lowest BCUT2D eigenvalue weighted by atomic mass is 9.47. The van der Waals surface area contributed by atoms with Crippen molar-refractivity contribution in [2.24, 2.45) is 28.6 Å². The molecule has 1 aliphatic heterocycles. The van der Waals surface area contributed by atoms with E-state index in [0.717, 1.165) is 32.1 Å². The average molecular weight is 300 g/mol. The van der Waals surface area contributed by atoms with Gasteiger partial charge < -0.3 is 4.74 Å². The summed E-state index contributed by atoms with van der Waals surface area (Å²) in [4.78, 5) is 24.3. The van der Waals surface area contributed by atoms with E-state index in [0.29, 0.717) is 30.0 Å². The fourth-order valence-corrected chi connectivity index (χ4v) is 6.58. The average Bonchev–Trinajstić information content (AvgIpc) is 3.22. The highest BCUT2D eigenvalue weighted by Gasteiger charge is 2.68. The van der Waals surface area contributed by atoms with Gasteiger partial charge in [0.2, 0.25) is 0 Å². The summed E-state index contributed by atoms with van der Waals surface area (Å²) in [6.07, 6.45) is 7.99. The lowest BCUT2D eigenvalue weighted by Gasteiger charge is -2.55. The molecule has 3 saturated carbocycles. The summed E-state index contributed by atoms with van der Waals surface area (Å²) in [6.45, 7) is 4.57. The smallest absolute Gasteiger partial charge is 0.155 e. The molecule has 0 aromatic rings. The van der Waals surface area contributed by atoms with Crippen LogP contribution in [0, 0.1) is 28.6 Å². The molecule has 0 aromatic heterocycles. The number of carbonyl (C=O) groups excluding carboxylic acids is 2. The molecule has 3 nitrogen and oxygen atoms in total. The second-order valence-electron chi connectivity index (χ2n) is 8.71. The molecular formula is C19H24O3. The molecule has 0 spiro atoms. The van der Waals surface area contributed by atoms with Crippen molar-refractivity contribution >= 4 is 11.6 Å². The van der Waals surface area contributed by atoms with E-state index in [1.54, 1.807) is 0 Å². The first-order chi connectivity index (χ1) is 10.4. The zero-order valence-corrected chi connectivity index (χ0v) is 13.4. The van der Waals surface area contributed by atoms with Crippen molar-refractivity contribution in [2.75, 3.05) is 0 Å². The molecule has 4 aliphatic carbocycles. The third kappa shape index (κ3) is 1.42. The van der Waals surface area contributed by atoms with Crippen LogP contribution in [0.4, 0.5) is 0 Å². The summed E-state index contributed by atoms with van der Waals surface area (Å²) in [5, 5.41) is 0. The van der Waals surface area contributed by atoms with Crippen molar-refractivity contribution in [3.05, 3.63) is 11.6 Å². The zero-order valence-electron chi connectivity index (χ0n) is 13.4. The lowest BCUT2D eigenvalue weighted by molar-refractivity contribution is -0.132. The minimum absolute atomic E-state index is 0.0975. The number of ether oxygens (including phenoxy) is 1. The van der Waals surface area contributed by atoms with Gasteiger partial charge in [-0.05, 0) is 60.5 Å². The van der Waals surface area contributed by atoms with Crippen LogP contribution in [0.1, 0.15) is 52.4 Å². The molecule has 118 valence electrons. The summed E-state index contributed by atoms with van der Waals surface area (Å²) in [5.41, 5.74) is 1.31. The van der Waals surface area contributed by atoms with Gasteiger partial charge in [-0.2, -0.15) is 0 Å². The minimum atomic E-state index is -0.0975. The van der Waals surface area contributed by atoms with Crippen LogP contribution in [0.25, 0.3) is 0 Å². The second-order valence-corrected chi connectivity index (χ2v) is 8.71. The molecule has 1 saturated heterocycles. The summed E-state index contributed by atoms with van der Waals surface area (Å²) >= 11 is 0. The van der Waals surface area contributed by atoms with Crippen molar-refractivity contribution < 1.29 is 14.3 Å². The Balaban J connectivity index is 1.59. The van der Waals surface area contributed by atoms with E-state index in [1.807, 2.05) is 6.08 Å². The maximum atomic E-state index is 12.4. The SMILES string of the molecule is C[C@]12CCC(=O)C=C1C1OC1[C@@H]1[C@@H]2CC[C@]2(C)C(=O)CC[C@@H]12. The quantitative estimate of drug-likeness (QED) is 0.646. The predicted molar refractivity (Wildman–Crippen MR) is 81.1 cm³/mol. The van der Waals surface area contributed by atoms with Crippen LogP contribution in [-0.2, 0) is 14.3 Å². The van der Waals surface area contributed by atoms with Gasteiger partial charge in [0.1, 0.15) is 11.9 Å². The van der Waals surface area contributed by atoms with Crippen molar-refractivity contribution in [1.82, 2.24) is 0 Å². The minimum Gasteiger partial charge on any atom is -0.365 e. The molecule has 0 bridgehead atoms. The molecule has 0 aromatic carbocycles. The lowest BCUT2D eigenvalue weighted by Crippen LogP contribution is -2.53. The number of rotatable bonds is 0. The standard InChI is InChI=1S/C19H24O3/c1-18-7-5-10(20)9-13(18)16-17(22-16)15-11-3-4-14(21)19(11,2)8-6-12(15)18/h9,11-12,15-17H,3-8H2,1-2H3/t11-,12-,15-,16?,17?,18+,19-/m0/s1. The van der Waals surface area contributed by atoms with E-state index in [4.69, 9.17) is 4.74 Å². The van der Waals surface area contributed by atoms with Crippen molar-refractivity contribution in [2.45, 2.75) is 64.6 Å². The maximum Gasteiger partial charge on any atom is 0.155 e. The third-order valence-electron chi connectivity index (χ3n) is 7.94. The number of carbonyl (C=O) groups is 2. The first kappa shape index (κ1) is 13.5. The fourth-order valence-electron chi connectivity index (χ4n) is 6.58. The number of fused-ring (bicyclic) bond motifs is 8. The Hall–Kier alpha value is -0.960. The topological polar surface area (TPSA) is 46.7 Å². The van der Waals surface area contributed by atoms with Gasteiger partial charge in [0, 0.05) is 18.3 Å². The van der Waals surface area contributed by atoms with Crippen molar-refractivity contribution in [3.63, 3.8) is 0 Å². The van der Waals surface area contributed by atoms with E-state index in [9.17, 15) is 9.59 Å². The Labute approximate surface area is 131 Å². The molecule has 5 rings (SSSR count). The first-order valence-electron chi connectivity index (χ1n) is 8.89. The van der Waals surface area contributed by atoms with Crippen LogP contribution in [0.15, 0.2) is 11.6 Å². The summed E-state index contributed by atoms with van der Waals surface area (Å²) in [5.74, 6) is 2.39. The third-order valence-corrected chi connectivity index (χ3v) is 7.94. The van der Waals surface area contributed by atoms with Gasteiger partial charge in [-0.1, -0.05) is 13.8 Å². The van der Waals surface area contributed by atoms with Gasteiger partial charge in [0.25, 0.3) is 0 Å². The highest BCUT2D eigenvalue weighted by Crippen LogP contribution is 2.68. The molecule has 0 amide bonds. The maximum absolute atomic E-state index is 12.4. The molecule has 22 heavy (non-hydrogen) atoms. The van der Waals surface area contributed by atoms with Crippen LogP contribution < -0.4 is 0 Å². The fraction of sp³-hybridized carbons (Fsp3) is 0.789.